The summed E-state index contributed by atoms with van der Waals surface area (Å²) in [6.07, 6.45) is 35.9. The fourth-order valence-corrected chi connectivity index (χ4v) is 5.44. The Bertz CT molecular complexity index is 912. The van der Waals surface area contributed by atoms with Crippen molar-refractivity contribution in [1.29, 1.82) is 0 Å². The van der Waals surface area contributed by atoms with Crippen molar-refractivity contribution in [2.24, 2.45) is 0 Å². The van der Waals surface area contributed by atoms with Crippen molar-refractivity contribution in [3.63, 3.8) is 0 Å². The van der Waals surface area contributed by atoms with Crippen LogP contribution in [-0.2, 0) is 18.4 Å². The van der Waals surface area contributed by atoms with Crippen LogP contribution in [0.5, 0.6) is 0 Å². The lowest BCUT2D eigenvalue weighted by atomic mass is 10.1. The Hall–Kier alpha value is -1.54. The lowest BCUT2D eigenvalue weighted by Crippen LogP contribution is -2.45. The van der Waals surface area contributed by atoms with Gasteiger partial charge in [-0.15, -0.1) is 0 Å². The summed E-state index contributed by atoms with van der Waals surface area (Å²) in [6.45, 7) is 4.49. The minimum Gasteiger partial charge on any atom is -0.756 e. The molecule has 3 atom stereocenters. The van der Waals surface area contributed by atoms with E-state index >= 15 is 0 Å². The number of allylic oxidation sites excluding steroid dienone is 7. The Morgan fingerprint density at radius 3 is 1.81 bits per heavy atom. The van der Waals surface area contributed by atoms with Crippen molar-refractivity contribution in [3.05, 3.63) is 48.6 Å². The maximum Gasteiger partial charge on any atom is 0.268 e. The van der Waals surface area contributed by atoms with Gasteiger partial charge >= 0.3 is 0 Å². The average molecular weight is 683 g/mol. The summed E-state index contributed by atoms with van der Waals surface area (Å²) >= 11 is 0. The van der Waals surface area contributed by atoms with E-state index < -0.39 is 26.6 Å². The number of phosphoric ester groups is 1. The number of unbranched alkanes of at least 4 members (excludes halogenated alkanes) is 13. The number of hydrogen-bond acceptors (Lipinski definition) is 6. The molecular formula is C38H71N2O6P. The average Bonchev–Trinajstić information content (AvgIpc) is 3.01. The summed E-state index contributed by atoms with van der Waals surface area (Å²) in [6, 6.07) is -0.910. The number of carbonyl (C=O) groups excluding carboxylic acids is 1. The largest absolute Gasteiger partial charge is 0.756 e. The number of phosphoric acid groups is 1. The van der Waals surface area contributed by atoms with Gasteiger partial charge < -0.3 is 28.8 Å². The molecular weight excluding hydrogens is 611 g/mol. The predicted molar refractivity (Wildman–Crippen MR) is 196 cm³/mol. The number of rotatable bonds is 32. The number of amides is 1. The molecule has 0 aliphatic rings. The first-order valence-electron chi connectivity index (χ1n) is 18.5. The van der Waals surface area contributed by atoms with Gasteiger partial charge in [-0.3, -0.25) is 9.36 Å². The van der Waals surface area contributed by atoms with Gasteiger partial charge in [-0.05, 0) is 64.2 Å². The second-order valence-electron chi connectivity index (χ2n) is 13.5. The Labute approximate surface area is 289 Å². The Kier molecular flexibility index (Phi) is 29.5. The number of nitrogens with one attached hydrogen (secondary N) is 1. The predicted octanol–water partition coefficient (Wildman–Crippen LogP) is 8.72. The van der Waals surface area contributed by atoms with Crippen LogP contribution in [0.15, 0.2) is 48.6 Å². The fourth-order valence-electron chi connectivity index (χ4n) is 4.71. The Balaban J connectivity index is 4.67. The standard InChI is InChI=1S/C38H71N2O6P/c1-6-8-10-12-14-16-18-19-20-21-22-23-25-27-29-31-37(41)36(35-46-47(43,44)45-34-33-40(3,4)5)39-38(42)32-30-28-26-24-17-15-13-11-9-7-2/h11,13,18-19,22-23,29,31,36-37,41H,6-10,12,14-17,20-21,24-28,30,32-35H2,1-5H3,(H-,39,42,43,44)/b13-11-,19-18+,23-22+,31-29+. The van der Waals surface area contributed by atoms with Crippen LogP contribution in [-0.4, -0.2) is 68.5 Å². The highest BCUT2D eigenvalue weighted by atomic mass is 31.2. The highest BCUT2D eigenvalue weighted by Crippen LogP contribution is 2.38. The van der Waals surface area contributed by atoms with Crippen LogP contribution in [0.25, 0.3) is 0 Å². The van der Waals surface area contributed by atoms with E-state index in [1.807, 2.05) is 27.2 Å². The molecule has 47 heavy (non-hydrogen) atoms. The molecule has 0 saturated carbocycles. The zero-order valence-electron chi connectivity index (χ0n) is 30.7. The molecule has 0 heterocycles. The molecule has 0 radical (unpaired) electrons. The van der Waals surface area contributed by atoms with Crippen LogP contribution in [0, 0.1) is 0 Å². The summed E-state index contributed by atoms with van der Waals surface area (Å²) in [5.74, 6) is -0.228. The third-order valence-electron chi connectivity index (χ3n) is 7.72. The molecule has 0 aliphatic heterocycles. The second kappa shape index (κ2) is 30.5. The van der Waals surface area contributed by atoms with Gasteiger partial charge in [0, 0.05) is 6.42 Å². The number of aliphatic hydroxyl groups excluding tert-OH is 1. The zero-order chi connectivity index (χ0) is 35.1. The summed E-state index contributed by atoms with van der Waals surface area (Å²) in [5.41, 5.74) is 0. The molecule has 0 bridgehead atoms. The van der Waals surface area contributed by atoms with Crippen LogP contribution in [0.3, 0.4) is 0 Å². The molecule has 9 heteroatoms. The van der Waals surface area contributed by atoms with Crippen LogP contribution >= 0.6 is 7.82 Å². The van der Waals surface area contributed by atoms with E-state index in [0.29, 0.717) is 17.4 Å². The van der Waals surface area contributed by atoms with Gasteiger partial charge in [0.15, 0.2) is 0 Å². The number of likely N-dealkylation sites (N-methyl/N-ethyl adjacent to an activating group) is 1. The lowest BCUT2D eigenvalue weighted by Gasteiger charge is -2.29. The van der Waals surface area contributed by atoms with Gasteiger partial charge in [-0.2, -0.15) is 0 Å². The molecule has 8 nitrogen and oxygen atoms in total. The monoisotopic (exact) mass is 683 g/mol. The van der Waals surface area contributed by atoms with Crippen LogP contribution in [0.2, 0.25) is 0 Å². The van der Waals surface area contributed by atoms with E-state index in [0.717, 1.165) is 70.6 Å². The molecule has 0 aliphatic carbocycles. The molecule has 0 spiro atoms. The van der Waals surface area contributed by atoms with E-state index in [2.05, 4.69) is 55.6 Å². The van der Waals surface area contributed by atoms with E-state index in [1.54, 1.807) is 6.08 Å². The summed E-state index contributed by atoms with van der Waals surface area (Å²) in [4.78, 5) is 25.1. The molecule has 3 unspecified atom stereocenters. The molecule has 2 N–H and O–H groups in total. The molecule has 0 aromatic heterocycles. The van der Waals surface area contributed by atoms with Gasteiger partial charge in [0.2, 0.25) is 5.91 Å². The van der Waals surface area contributed by atoms with Gasteiger partial charge in [-0.25, -0.2) is 0 Å². The Morgan fingerprint density at radius 2 is 1.23 bits per heavy atom. The minimum absolute atomic E-state index is 0.0122. The minimum atomic E-state index is -4.59. The smallest absolute Gasteiger partial charge is 0.268 e. The summed E-state index contributed by atoms with van der Waals surface area (Å²) in [5, 5.41) is 13.6. The molecule has 0 rings (SSSR count). The highest BCUT2D eigenvalue weighted by molar-refractivity contribution is 7.45. The Morgan fingerprint density at radius 1 is 0.723 bits per heavy atom. The first-order valence-corrected chi connectivity index (χ1v) is 20.0. The third kappa shape index (κ3) is 32.8. The quantitative estimate of drug-likeness (QED) is 0.0318. The number of hydrogen-bond donors (Lipinski definition) is 2. The normalized spacial score (nSPS) is 15.3. The van der Waals surface area contributed by atoms with Crippen LogP contribution in [0.1, 0.15) is 136 Å². The molecule has 274 valence electrons. The zero-order valence-corrected chi connectivity index (χ0v) is 31.6. The second-order valence-corrected chi connectivity index (χ2v) is 15.0. The number of quaternary nitrogens is 1. The van der Waals surface area contributed by atoms with Crippen molar-refractivity contribution >= 4 is 13.7 Å². The SMILES string of the molecule is CCC/C=C\CCCCCCCC(=O)NC(COP(=O)([O-])OCC[N+](C)(C)C)C(O)/C=C/CC/C=C/CC/C=C/CCCCCCC. The van der Waals surface area contributed by atoms with E-state index in [9.17, 15) is 19.4 Å². The topological polar surface area (TPSA) is 108 Å². The van der Waals surface area contributed by atoms with Crippen molar-refractivity contribution in [1.82, 2.24) is 5.32 Å². The van der Waals surface area contributed by atoms with Gasteiger partial charge in [0.1, 0.15) is 13.2 Å². The van der Waals surface area contributed by atoms with Crippen LogP contribution < -0.4 is 10.2 Å². The third-order valence-corrected chi connectivity index (χ3v) is 8.68. The fraction of sp³-hybridized carbons (Fsp3) is 0.763. The van der Waals surface area contributed by atoms with Crippen molar-refractivity contribution in [2.45, 2.75) is 148 Å². The maximum absolute atomic E-state index is 12.7. The molecule has 0 aromatic rings. The molecule has 0 fully saturated rings. The van der Waals surface area contributed by atoms with Gasteiger partial charge in [-0.1, -0.05) is 114 Å². The molecule has 1 amide bonds. The van der Waals surface area contributed by atoms with E-state index in [1.165, 1.54) is 44.9 Å². The molecule has 0 saturated heterocycles. The lowest BCUT2D eigenvalue weighted by molar-refractivity contribution is -0.870. The first kappa shape index (κ1) is 45.5. The van der Waals surface area contributed by atoms with E-state index in [-0.39, 0.29) is 12.5 Å². The van der Waals surface area contributed by atoms with Gasteiger partial charge in [0.25, 0.3) is 7.82 Å². The van der Waals surface area contributed by atoms with Crippen LogP contribution in [0.4, 0.5) is 0 Å². The summed E-state index contributed by atoms with van der Waals surface area (Å²) < 4.78 is 23.0. The number of aliphatic hydroxyl groups is 1. The van der Waals surface area contributed by atoms with Gasteiger partial charge in [0.05, 0.1) is 39.9 Å². The highest BCUT2D eigenvalue weighted by Gasteiger charge is 2.23. The van der Waals surface area contributed by atoms with Crippen molar-refractivity contribution in [2.75, 3.05) is 40.9 Å². The first-order chi connectivity index (χ1) is 22.5. The van der Waals surface area contributed by atoms with E-state index in [4.69, 9.17) is 9.05 Å². The molecule has 0 aromatic carbocycles. The number of nitrogens with zero attached hydrogens (tertiary/aromatic N) is 1. The van der Waals surface area contributed by atoms with Crippen molar-refractivity contribution in [3.8, 4) is 0 Å². The number of carbonyl (C=O) groups is 1. The summed E-state index contributed by atoms with van der Waals surface area (Å²) in [7, 11) is 1.22. The maximum atomic E-state index is 12.7. The van der Waals surface area contributed by atoms with Crippen molar-refractivity contribution < 1.29 is 32.9 Å².